The van der Waals surface area contributed by atoms with Crippen LogP contribution >= 0.6 is 11.6 Å². The first-order valence-electron chi connectivity index (χ1n) is 5.15. The van der Waals surface area contributed by atoms with Crippen LogP contribution in [0.25, 0.3) is 0 Å². The monoisotopic (exact) mass is 244 g/mol. The summed E-state index contributed by atoms with van der Waals surface area (Å²) in [5.74, 6) is 0.0292. The van der Waals surface area contributed by atoms with Gasteiger partial charge >= 0.3 is 0 Å². The van der Waals surface area contributed by atoms with E-state index in [9.17, 15) is 4.79 Å². The number of rotatable bonds is 5. The zero-order chi connectivity index (χ0) is 12.1. The molecular weight excluding hydrogens is 228 g/mol. The van der Waals surface area contributed by atoms with Crippen molar-refractivity contribution in [3.05, 3.63) is 16.4 Å². The molecule has 16 heavy (non-hydrogen) atoms. The summed E-state index contributed by atoms with van der Waals surface area (Å²) in [5, 5.41) is 10.6. The molecule has 0 saturated heterocycles. The Labute approximate surface area is 100 Å². The van der Waals surface area contributed by atoms with Crippen LogP contribution in [0.2, 0.25) is 5.15 Å². The van der Waals surface area contributed by atoms with Crippen molar-refractivity contribution in [1.29, 1.82) is 0 Å². The second kappa shape index (κ2) is 5.86. The molecule has 0 aliphatic heterocycles. The van der Waals surface area contributed by atoms with E-state index in [4.69, 9.17) is 11.6 Å². The van der Waals surface area contributed by atoms with E-state index in [0.717, 1.165) is 11.3 Å². The average molecular weight is 245 g/mol. The van der Waals surface area contributed by atoms with Crippen LogP contribution in [0.4, 0.5) is 0 Å². The number of hydrogen-bond donors (Lipinski definition) is 2. The van der Waals surface area contributed by atoms with Crippen molar-refractivity contribution in [1.82, 2.24) is 20.4 Å². The highest BCUT2D eigenvalue weighted by molar-refractivity contribution is 6.30. The largest absolute Gasteiger partial charge is 0.359 e. The minimum absolute atomic E-state index is 0.0292. The number of aryl methyl sites for hydroxylation is 2. The first-order valence-corrected chi connectivity index (χ1v) is 5.53. The number of carbonyl (C=O) groups is 1. The predicted octanol–water partition coefficient (Wildman–Crippen LogP) is 0.608. The zero-order valence-electron chi connectivity index (χ0n) is 9.80. The van der Waals surface area contributed by atoms with Crippen LogP contribution in [0.3, 0.4) is 0 Å². The van der Waals surface area contributed by atoms with Gasteiger partial charge in [0.1, 0.15) is 5.15 Å². The van der Waals surface area contributed by atoms with Crippen LogP contribution in [0.15, 0.2) is 0 Å². The van der Waals surface area contributed by atoms with E-state index in [2.05, 4.69) is 15.7 Å². The second-order valence-electron chi connectivity index (χ2n) is 3.58. The van der Waals surface area contributed by atoms with Crippen molar-refractivity contribution in [3.8, 4) is 0 Å². The molecule has 0 saturated carbocycles. The fourth-order valence-electron chi connectivity index (χ4n) is 1.42. The highest BCUT2D eigenvalue weighted by atomic mass is 35.5. The molecular formula is C10H17ClN4O. The standard InChI is InChI=1S/C10H17ClN4O/c1-7-8(10(11)15(3)14-7)6-13-5-4-9(16)12-2/h13H,4-6H2,1-3H3,(H,12,16). The molecule has 2 N–H and O–H groups in total. The number of nitrogens with zero attached hydrogens (tertiary/aromatic N) is 2. The van der Waals surface area contributed by atoms with E-state index in [1.807, 2.05) is 14.0 Å². The molecule has 90 valence electrons. The summed E-state index contributed by atoms with van der Waals surface area (Å²) < 4.78 is 1.65. The van der Waals surface area contributed by atoms with Gasteiger partial charge in [-0.05, 0) is 6.92 Å². The summed E-state index contributed by atoms with van der Waals surface area (Å²) in [7, 11) is 3.44. The lowest BCUT2D eigenvalue weighted by molar-refractivity contribution is -0.120. The Morgan fingerprint density at radius 3 is 2.75 bits per heavy atom. The average Bonchev–Trinajstić information content (AvgIpc) is 2.49. The molecule has 1 rings (SSSR count). The number of halogens is 1. The number of hydrogen-bond acceptors (Lipinski definition) is 3. The Hall–Kier alpha value is -1.07. The summed E-state index contributed by atoms with van der Waals surface area (Å²) in [5.41, 5.74) is 1.90. The van der Waals surface area contributed by atoms with Crippen LogP contribution in [0.5, 0.6) is 0 Å². The number of nitrogens with one attached hydrogen (secondary N) is 2. The third-order valence-electron chi connectivity index (χ3n) is 2.38. The van der Waals surface area contributed by atoms with E-state index in [1.54, 1.807) is 11.7 Å². The van der Waals surface area contributed by atoms with Gasteiger partial charge in [-0.1, -0.05) is 11.6 Å². The molecule has 0 aliphatic rings. The normalized spacial score (nSPS) is 10.5. The van der Waals surface area contributed by atoms with E-state index >= 15 is 0 Å². The van der Waals surface area contributed by atoms with Gasteiger partial charge < -0.3 is 10.6 Å². The van der Waals surface area contributed by atoms with Crippen molar-refractivity contribution < 1.29 is 4.79 Å². The van der Waals surface area contributed by atoms with Gasteiger partial charge in [0.05, 0.1) is 5.69 Å². The molecule has 0 spiro atoms. The van der Waals surface area contributed by atoms with Gasteiger partial charge in [0, 0.05) is 39.2 Å². The van der Waals surface area contributed by atoms with Gasteiger partial charge in [-0.25, -0.2) is 0 Å². The Morgan fingerprint density at radius 2 is 2.25 bits per heavy atom. The molecule has 1 aromatic rings. The maximum absolute atomic E-state index is 11.0. The van der Waals surface area contributed by atoms with Gasteiger partial charge in [0.25, 0.3) is 0 Å². The number of aromatic nitrogens is 2. The molecule has 1 heterocycles. The molecule has 0 aromatic carbocycles. The lowest BCUT2D eigenvalue weighted by Crippen LogP contribution is -2.24. The van der Waals surface area contributed by atoms with Crippen LogP contribution in [-0.4, -0.2) is 29.3 Å². The maximum atomic E-state index is 11.0. The van der Waals surface area contributed by atoms with Crippen LogP contribution in [0, 0.1) is 6.92 Å². The summed E-state index contributed by atoms with van der Waals surface area (Å²) in [6.07, 6.45) is 0.466. The third-order valence-corrected chi connectivity index (χ3v) is 2.85. The molecule has 0 fully saturated rings. The van der Waals surface area contributed by atoms with Crippen molar-refractivity contribution in [2.45, 2.75) is 19.9 Å². The Morgan fingerprint density at radius 1 is 1.56 bits per heavy atom. The third kappa shape index (κ3) is 3.21. The SMILES string of the molecule is CNC(=O)CCNCc1c(C)nn(C)c1Cl. The summed E-state index contributed by atoms with van der Waals surface area (Å²) >= 11 is 6.06. The lowest BCUT2D eigenvalue weighted by Gasteiger charge is -2.04. The Bertz CT molecular complexity index is 375. The van der Waals surface area contributed by atoms with Gasteiger partial charge in [0.15, 0.2) is 0 Å². The second-order valence-corrected chi connectivity index (χ2v) is 3.94. The fraction of sp³-hybridized carbons (Fsp3) is 0.600. The Kier molecular flexibility index (Phi) is 4.76. The van der Waals surface area contributed by atoms with Crippen molar-refractivity contribution in [2.24, 2.45) is 7.05 Å². The van der Waals surface area contributed by atoms with E-state index in [-0.39, 0.29) is 5.91 Å². The molecule has 0 atom stereocenters. The first-order chi connectivity index (χ1) is 7.56. The molecule has 0 radical (unpaired) electrons. The maximum Gasteiger partial charge on any atom is 0.221 e. The van der Waals surface area contributed by atoms with Crippen LogP contribution < -0.4 is 10.6 Å². The van der Waals surface area contributed by atoms with E-state index < -0.39 is 0 Å². The van der Waals surface area contributed by atoms with Crippen LogP contribution in [-0.2, 0) is 18.4 Å². The van der Waals surface area contributed by atoms with E-state index in [1.165, 1.54) is 0 Å². The minimum Gasteiger partial charge on any atom is -0.359 e. The Balaban J connectivity index is 2.40. The zero-order valence-corrected chi connectivity index (χ0v) is 10.6. The highest BCUT2D eigenvalue weighted by Gasteiger charge is 2.10. The summed E-state index contributed by atoms with van der Waals surface area (Å²) in [6.45, 7) is 3.18. The topological polar surface area (TPSA) is 59.0 Å². The smallest absolute Gasteiger partial charge is 0.221 e. The molecule has 0 aliphatic carbocycles. The molecule has 1 amide bonds. The lowest BCUT2D eigenvalue weighted by atomic mass is 10.2. The minimum atomic E-state index is 0.0292. The summed E-state index contributed by atoms with van der Waals surface area (Å²) in [4.78, 5) is 11.0. The van der Waals surface area contributed by atoms with Crippen molar-refractivity contribution in [2.75, 3.05) is 13.6 Å². The van der Waals surface area contributed by atoms with Gasteiger partial charge in [-0.2, -0.15) is 5.10 Å². The van der Waals surface area contributed by atoms with Crippen molar-refractivity contribution >= 4 is 17.5 Å². The number of carbonyl (C=O) groups excluding carboxylic acids is 1. The first kappa shape index (κ1) is 13.0. The van der Waals surface area contributed by atoms with Crippen LogP contribution in [0.1, 0.15) is 17.7 Å². The molecule has 0 bridgehead atoms. The van der Waals surface area contributed by atoms with Gasteiger partial charge in [-0.15, -0.1) is 0 Å². The quantitative estimate of drug-likeness (QED) is 0.746. The number of amides is 1. The van der Waals surface area contributed by atoms with Gasteiger partial charge in [0.2, 0.25) is 5.91 Å². The highest BCUT2D eigenvalue weighted by Crippen LogP contribution is 2.17. The van der Waals surface area contributed by atoms with E-state index in [0.29, 0.717) is 24.7 Å². The molecule has 5 nitrogen and oxygen atoms in total. The molecule has 6 heteroatoms. The summed E-state index contributed by atoms with van der Waals surface area (Å²) in [6, 6.07) is 0. The van der Waals surface area contributed by atoms with Crippen molar-refractivity contribution in [3.63, 3.8) is 0 Å². The fourth-order valence-corrected chi connectivity index (χ4v) is 1.66. The molecule has 0 unspecified atom stereocenters. The molecule has 1 aromatic heterocycles. The predicted molar refractivity (Wildman–Crippen MR) is 63.3 cm³/mol. The van der Waals surface area contributed by atoms with Gasteiger partial charge in [-0.3, -0.25) is 9.48 Å².